The third-order valence-corrected chi connectivity index (χ3v) is 4.73. The van der Waals surface area contributed by atoms with Gasteiger partial charge in [-0.3, -0.25) is 4.79 Å². The maximum atomic E-state index is 11.4. The topological polar surface area (TPSA) is 89.9 Å². The van der Waals surface area contributed by atoms with Gasteiger partial charge in [0.2, 0.25) is 0 Å². The second-order valence-electron chi connectivity index (χ2n) is 5.86. The van der Waals surface area contributed by atoms with E-state index in [0.29, 0.717) is 19.4 Å². The Hall–Kier alpha value is -1.30. The van der Waals surface area contributed by atoms with Crippen LogP contribution in [0, 0.1) is 11.8 Å². The van der Waals surface area contributed by atoms with E-state index in [9.17, 15) is 19.8 Å². The molecule has 0 saturated carbocycles. The summed E-state index contributed by atoms with van der Waals surface area (Å²) in [4.78, 5) is 24.1. The van der Waals surface area contributed by atoms with Gasteiger partial charge in [0.05, 0.1) is 5.92 Å². The second kappa shape index (κ2) is 5.36. The van der Waals surface area contributed by atoms with Crippen molar-refractivity contribution in [3.63, 3.8) is 0 Å². The Morgan fingerprint density at radius 3 is 2.58 bits per heavy atom. The van der Waals surface area contributed by atoms with Crippen LogP contribution in [0.5, 0.6) is 0 Å². The standard InChI is InChI=1S/C13H22N2O4/c1-13(10-3-2-5-14-8-10)7-9(11(16)17)4-6-15(13)12(18)19/h9-10,14H,2-8H2,1H3,(H,16,17)(H,18,19). The molecule has 108 valence electrons. The fourth-order valence-corrected chi connectivity index (χ4v) is 3.55. The number of aliphatic carboxylic acids is 1. The Kier molecular flexibility index (Phi) is 3.99. The van der Waals surface area contributed by atoms with Crippen LogP contribution in [0.4, 0.5) is 4.79 Å². The third kappa shape index (κ3) is 2.68. The van der Waals surface area contributed by atoms with Crippen molar-refractivity contribution in [2.24, 2.45) is 11.8 Å². The fourth-order valence-electron chi connectivity index (χ4n) is 3.55. The molecule has 3 atom stereocenters. The largest absolute Gasteiger partial charge is 0.481 e. The van der Waals surface area contributed by atoms with Crippen LogP contribution in [0.1, 0.15) is 32.6 Å². The number of nitrogens with one attached hydrogen (secondary N) is 1. The van der Waals surface area contributed by atoms with Gasteiger partial charge < -0.3 is 20.4 Å². The summed E-state index contributed by atoms with van der Waals surface area (Å²) in [6, 6.07) is 0. The molecule has 0 aromatic carbocycles. The number of nitrogens with zero attached hydrogens (tertiary/aromatic N) is 1. The summed E-state index contributed by atoms with van der Waals surface area (Å²) in [6.07, 6.45) is 1.88. The van der Waals surface area contributed by atoms with Gasteiger partial charge in [0.15, 0.2) is 0 Å². The SMILES string of the molecule is CC1(C2CCCNC2)CC(C(=O)O)CCN1C(=O)O. The molecule has 2 fully saturated rings. The lowest BCUT2D eigenvalue weighted by Crippen LogP contribution is -2.61. The van der Waals surface area contributed by atoms with Gasteiger partial charge in [-0.1, -0.05) is 0 Å². The van der Waals surface area contributed by atoms with Gasteiger partial charge in [0.1, 0.15) is 0 Å². The smallest absolute Gasteiger partial charge is 0.407 e. The highest BCUT2D eigenvalue weighted by Crippen LogP contribution is 2.40. The first-order valence-corrected chi connectivity index (χ1v) is 6.89. The Morgan fingerprint density at radius 2 is 2.05 bits per heavy atom. The monoisotopic (exact) mass is 270 g/mol. The van der Waals surface area contributed by atoms with Gasteiger partial charge in [0, 0.05) is 18.6 Å². The van der Waals surface area contributed by atoms with Gasteiger partial charge in [-0.2, -0.15) is 0 Å². The Balaban J connectivity index is 2.22. The highest BCUT2D eigenvalue weighted by atomic mass is 16.4. The Morgan fingerprint density at radius 1 is 1.32 bits per heavy atom. The van der Waals surface area contributed by atoms with Crippen LogP contribution in [-0.4, -0.2) is 52.3 Å². The van der Waals surface area contributed by atoms with Crippen LogP contribution in [-0.2, 0) is 4.79 Å². The number of amides is 1. The molecule has 0 aromatic rings. The number of piperidine rings is 2. The van der Waals surface area contributed by atoms with Crippen molar-refractivity contribution in [1.82, 2.24) is 10.2 Å². The van der Waals surface area contributed by atoms with E-state index in [1.807, 2.05) is 6.92 Å². The molecule has 3 unspecified atom stereocenters. The van der Waals surface area contributed by atoms with E-state index in [0.717, 1.165) is 25.9 Å². The quantitative estimate of drug-likeness (QED) is 0.702. The molecule has 2 saturated heterocycles. The average molecular weight is 270 g/mol. The predicted octanol–water partition coefficient (Wildman–Crippen LogP) is 1.22. The summed E-state index contributed by atoms with van der Waals surface area (Å²) in [5.41, 5.74) is -0.569. The molecular weight excluding hydrogens is 248 g/mol. The number of carboxylic acids is 1. The molecule has 2 heterocycles. The molecular formula is C13H22N2O4. The highest BCUT2D eigenvalue weighted by molar-refractivity contribution is 5.72. The van der Waals surface area contributed by atoms with E-state index >= 15 is 0 Å². The molecule has 6 heteroatoms. The molecule has 0 spiro atoms. The summed E-state index contributed by atoms with van der Waals surface area (Å²) in [5.74, 6) is -1.04. The second-order valence-corrected chi connectivity index (χ2v) is 5.86. The van der Waals surface area contributed by atoms with Crippen LogP contribution in [0.2, 0.25) is 0 Å². The molecule has 2 aliphatic rings. The lowest BCUT2D eigenvalue weighted by molar-refractivity contribution is -0.146. The minimum Gasteiger partial charge on any atom is -0.481 e. The van der Waals surface area contributed by atoms with E-state index in [4.69, 9.17) is 0 Å². The van der Waals surface area contributed by atoms with Crippen molar-refractivity contribution < 1.29 is 19.8 Å². The van der Waals surface area contributed by atoms with Crippen LogP contribution >= 0.6 is 0 Å². The number of likely N-dealkylation sites (tertiary alicyclic amines) is 1. The minimum absolute atomic E-state index is 0.194. The predicted molar refractivity (Wildman–Crippen MR) is 69.1 cm³/mol. The molecule has 3 N–H and O–H groups in total. The summed E-state index contributed by atoms with van der Waals surface area (Å²) in [6.45, 7) is 3.96. The third-order valence-electron chi connectivity index (χ3n) is 4.73. The normalized spacial score (nSPS) is 35.9. The number of hydrogen-bond acceptors (Lipinski definition) is 3. The molecule has 0 aliphatic carbocycles. The van der Waals surface area contributed by atoms with E-state index in [2.05, 4.69) is 5.32 Å². The average Bonchev–Trinajstić information content (AvgIpc) is 2.39. The first-order valence-electron chi connectivity index (χ1n) is 6.89. The van der Waals surface area contributed by atoms with E-state index in [1.165, 1.54) is 4.90 Å². The molecule has 19 heavy (non-hydrogen) atoms. The van der Waals surface area contributed by atoms with Crippen LogP contribution in [0.25, 0.3) is 0 Å². The highest BCUT2D eigenvalue weighted by Gasteiger charge is 2.48. The summed E-state index contributed by atoms with van der Waals surface area (Å²) >= 11 is 0. The summed E-state index contributed by atoms with van der Waals surface area (Å²) in [5, 5.41) is 21.9. The molecule has 1 amide bonds. The summed E-state index contributed by atoms with van der Waals surface area (Å²) < 4.78 is 0. The first kappa shape index (κ1) is 14.1. The van der Waals surface area contributed by atoms with Crippen LogP contribution in [0.15, 0.2) is 0 Å². The molecule has 6 nitrogen and oxygen atoms in total. The van der Waals surface area contributed by atoms with Crippen molar-refractivity contribution in [3.8, 4) is 0 Å². The number of rotatable bonds is 2. The minimum atomic E-state index is -0.933. The molecule has 0 radical (unpaired) electrons. The van der Waals surface area contributed by atoms with Gasteiger partial charge in [0.25, 0.3) is 0 Å². The zero-order valence-corrected chi connectivity index (χ0v) is 11.3. The van der Waals surface area contributed by atoms with Crippen molar-refractivity contribution in [2.75, 3.05) is 19.6 Å². The lowest BCUT2D eigenvalue weighted by atomic mass is 9.71. The number of hydrogen-bond donors (Lipinski definition) is 3. The van der Waals surface area contributed by atoms with Crippen LogP contribution in [0.3, 0.4) is 0 Å². The van der Waals surface area contributed by atoms with Gasteiger partial charge in [-0.25, -0.2) is 4.79 Å². The van der Waals surface area contributed by atoms with Crippen molar-refractivity contribution in [2.45, 2.75) is 38.1 Å². The van der Waals surface area contributed by atoms with Gasteiger partial charge in [-0.05, 0) is 45.1 Å². The maximum absolute atomic E-state index is 11.4. The lowest BCUT2D eigenvalue weighted by Gasteiger charge is -2.50. The van der Waals surface area contributed by atoms with Crippen LogP contribution < -0.4 is 5.32 Å². The molecule has 0 aromatic heterocycles. The van der Waals surface area contributed by atoms with Crippen molar-refractivity contribution >= 4 is 12.1 Å². The Labute approximate surface area is 112 Å². The molecule has 2 rings (SSSR count). The first-order chi connectivity index (χ1) is 8.95. The van der Waals surface area contributed by atoms with Crippen molar-refractivity contribution in [3.05, 3.63) is 0 Å². The summed E-state index contributed by atoms with van der Waals surface area (Å²) in [7, 11) is 0. The van der Waals surface area contributed by atoms with Crippen molar-refractivity contribution in [1.29, 1.82) is 0 Å². The fraction of sp³-hybridized carbons (Fsp3) is 0.846. The molecule has 0 bridgehead atoms. The zero-order valence-electron chi connectivity index (χ0n) is 11.3. The molecule has 2 aliphatic heterocycles. The Bertz CT molecular complexity index is 368. The van der Waals surface area contributed by atoms with E-state index in [-0.39, 0.29) is 5.92 Å². The van der Waals surface area contributed by atoms with E-state index in [1.54, 1.807) is 0 Å². The number of carbonyl (C=O) groups is 2. The van der Waals surface area contributed by atoms with Gasteiger partial charge in [-0.15, -0.1) is 0 Å². The maximum Gasteiger partial charge on any atom is 0.407 e. The number of carboxylic acid groups (broad SMARTS) is 2. The zero-order chi connectivity index (χ0) is 14.0. The van der Waals surface area contributed by atoms with E-state index < -0.39 is 23.5 Å². The van der Waals surface area contributed by atoms with Gasteiger partial charge >= 0.3 is 12.1 Å².